The van der Waals surface area contributed by atoms with E-state index in [4.69, 9.17) is 0 Å². The largest absolute Gasteiger partial charge is 0.508 e. The lowest BCUT2D eigenvalue weighted by Gasteiger charge is -2.25. The number of phenolic OH excluding ortho intramolecular Hbond substituents is 1. The lowest BCUT2D eigenvalue weighted by Crippen LogP contribution is -2.31. The molecule has 2 N–H and O–H groups in total. The maximum Gasteiger partial charge on any atom is 0.264 e. The minimum absolute atomic E-state index is 0.128. The number of nitriles is 1. The molecule has 0 aliphatic carbocycles. The van der Waals surface area contributed by atoms with Crippen molar-refractivity contribution >= 4 is 29.4 Å². The highest BCUT2D eigenvalue weighted by Crippen LogP contribution is 2.46. The predicted molar refractivity (Wildman–Crippen MR) is 97.0 cm³/mol. The Hall–Kier alpha value is -2.36. The fraction of sp³-hybridized carbons (Fsp3) is 0.111. The van der Waals surface area contributed by atoms with Crippen LogP contribution in [0.2, 0.25) is 0 Å². The molecule has 2 aromatic carbocycles. The summed E-state index contributed by atoms with van der Waals surface area (Å²) in [6.45, 7) is 0. The Balaban J connectivity index is 1.83. The van der Waals surface area contributed by atoms with Crippen molar-refractivity contribution < 1.29 is 9.90 Å². The topological polar surface area (TPSA) is 73.1 Å². The van der Waals surface area contributed by atoms with Crippen LogP contribution in [0, 0.1) is 11.3 Å². The Labute approximate surface area is 148 Å². The molecule has 1 heterocycles. The number of carbonyl (C=O) groups excluding carboxylic acids is 1. The Morgan fingerprint density at radius 3 is 2.58 bits per heavy atom. The molecule has 1 aliphatic rings. The van der Waals surface area contributed by atoms with Gasteiger partial charge in [-0.2, -0.15) is 5.26 Å². The van der Waals surface area contributed by atoms with Crippen molar-refractivity contribution in [1.82, 2.24) is 5.32 Å². The molecule has 0 radical (unpaired) electrons. The van der Waals surface area contributed by atoms with Crippen molar-refractivity contribution in [1.29, 1.82) is 5.26 Å². The monoisotopic (exact) mass is 354 g/mol. The first-order valence-electron chi connectivity index (χ1n) is 7.25. The van der Waals surface area contributed by atoms with E-state index in [1.54, 1.807) is 18.2 Å². The van der Waals surface area contributed by atoms with Crippen LogP contribution in [0.3, 0.4) is 0 Å². The average Bonchev–Trinajstić information content (AvgIpc) is 2.61. The fourth-order valence-corrected chi connectivity index (χ4v) is 4.73. The Morgan fingerprint density at radius 1 is 1.17 bits per heavy atom. The molecule has 24 heavy (non-hydrogen) atoms. The van der Waals surface area contributed by atoms with Crippen LogP contribution in [0.25, 0.3) is 0 Å². The molecule has 6 heteroatoms. The quantitative estimate of drug-likeness (QED) is 0.870. The van der Waals surface area contributed by atoms with Gasteiger partial charge < -0.3 is 10.4 Å². The number of rotatable bonds is 4. The number of hydrogen-bond donors (Lipinski definition) is 2. The Bertz CT molecular complexity index is 828. The predicted octanol–water partition coefficient (Wildman–Crippen LogP) is 3.92. The highest BCUT2D eigenvalue weighted by molar-refractivity contribution is 8.22. The van der Waals surface area contributed by atoms with Gasteiger partial charge in [0.2, 0.25) is 0 Å². The molecule has 4 nitrogen and oxygen atoms in total. The molecular formula is C18H14N2O2S2. The standard InChI is InChI=1S/C18H14N2O2S2/c19-10-14-16(22)20-17(13-8-4-5-9-15(13)21)24-18(14)23-11-12-6-2-1-3-7-12/h1-9,17,21H,11H2,(H,20,22)/t17-/m0/s1. The molecule has 0 aromatic heterocycles. The van der Waals surface area contributed by atoms with Gasteiger partial charge in [0, 0.05) is 11.3 Å². The summed E-state index contributed by atoms with van der Waals surface area (Å²) in [6.07, 6.45) is 0. The van der Waals surface area contributed by atoms with Crippen LogP contribution in [-0.2, 0) is 10.5 Å². The number of phenols is 1. The van der Waals surface area contributed by atoms with Crippen LogP contribution in [-0.4, -0.2) is 11.0 Å². The summed E-state index contributed by atoms with van der Waals surface area (Å²) in [7, 11) is 0. The third-order valence-electron chi connectivity index (χ3n) is 3.46. The summed E-state index contributed by atoms with van der Waals surface area (Å²) in [5.74, 6) is 0.401. The van der Waals surface area contributed by atoms with Crippen LogP contribution in [0.1, 0.15) is 16.5 Å². The van der Waals surface area contributed by atoms with Gasteiger partial charge in [0.25, 0.3) is 5.91 Å². The van der Waals surface area contributed by atoms with Gasteiger partial charge in [-0.15, -0.1) is 11.8 Å². The molecule has 1 amide bonds. The molecule has 1 aliphatic heterocycles. The number of aromatic hydroxyl groups is 1. The van der Waals surface area contributed by atoms with Gasteiger partial charge in [0.1, 0.15) is 22.8 Å². The van der Waals surface area contributed by atoms with E-state index in [0.717, 1.165) is 5.56 Å². The minimum atomic E-state index is -0.408. The third-order valence-corrected chi connectivity index (χ3v) is 6.07. The van der Waals surface area contributed by atoms with E-state index in [1.165, 1.54) is 23.5 Å². The van der Waals surface area contributed by atoms with Gasteiger partial charge >= 0.3 is 0 Å². The molecule has 0 saturated heterocycles. The van der Waals surface area contributed by atoms with Gasteiger partial charge in [0.15, 0.2) is 0 Å². The van der Waals surface area contributed by atoms with E-state index in [2.05, 4.69) is 5.32 Å². The SMILES string of the molecule is N#CC1=C(SCc2ccccc2)S[C@@H](c2ccccc2O)NC1=O. The second-order valence-corrected chi connectivity index (χ2v) is 7.44. The Morgan fingerprint density at radius 2 is 1.88 bits per heavy atom. The highest BCUT2D eigenvalue weighted by Gasteiger charge is 2.30. The first kappa shape index (κ1) is 16.5. The maximum atomic E-state index is 12.2. The lowest BCUT2D eigenvalue weighted by molar-refractivity contribution is -0.117. The van der Waals surface area contributed by atoms with Crippen LogP contribution >= 0.6 is 23.5 Å². The minimum Gasteiger partial charge on any atom is -0.508 e. The van der Waals surface area contributed by atoms with Crippen LogP contribution in [0.5, 0.6) is 5.75 Å². The summed E-state index contributed by atoms with van der Waals surface area (Å²) in [6, 6.07) is 18.8. The zero-order valence-electron chi connectivity index (χ0n) is 12.6. The number of nitrogens with zero attached hydrogens (tertiary/aromatic N) is 1. The Kier molecular flexibility index (Phi) is 5.14. The fourth-order valence-electron chi connectivity index (χ4n) is 2.26. The number of nitrogens with one attached hydrogen (secondary N) is 1. The molecule has 0 fully saturated rings. The second-order valence-electron chi connectivity index (χ2n) is 5.08. The summed E-state index contributed by atoms with van der Waals surface area (Å²) in [5, 5.41) is 21.7. The van der Waals surface area contributed by atoms with Crippen molar-refractivity contribution in [2.45, 2.75) is 11.1 Å². The molecule has 2 aromatic rings. The maximum absolute atomic E-state index is 12.2. The van der Waals surface area contributed by atoms with E-state index in [0.29, 0.717) is 15.6 Å². The first-order chi connectivity index (χ1) is 11.7. The number of carbonyl (C=O) groups is 1. The summed E-state index contributed by atoms with van der Waals surface area (Å²) < 4.78 is 0.679. The molecular weight excluding hydrogens is 340 g/mol. The van der Waals surface area contributed by atoms with E-state index < -0.39 is 11.3 Å². The number of benzene rings is 2. The number of thioether (sulfide) groups is 2. The average molecular weight is 354 g/mol. The van der Waals surface area contributed by atoms with Crippen molar-refractivity contribution in [2.24, 2.45) is 0 Å². The molecule has 0 spiro atoms. The van der Waals surface area contributed by atoms with E-state index in [-0.39, 0.29) is 11.3 Å². The van der Waals surface area contributed by atoms with E-state index >= 15 is 0 Å². The summed E-state index contributed by atoms with van der Waals surface area (Å²) >= 11 is 2.85. The summed E-state index contributed by atoms with van der Waals surface area (Å²) in [5.41, 5.74) is 1.89. The van der Waals surface area contributed by atoms with Crippen molar-refractivity contribution in [3.05, 3.63) is 75.5 Å². The molecule has 0 saturated carbocycles. The van der Waals surface area contributed by atoms with Crippen LogP contribution in [0.4, 0.5) is 0 Å². The smallest absolute Gasteiger partial charge is 0.264 e. The van der Waals surface area contributed by atoms with Gasteiger partial charge in [-0.1, -0.05) is 60.3 Å². The number of para-hydroxylation sites is 1. The van der Waals surface area contributed by atoms with E-state index in [9.17, 15) is 15.2 Å². The van der Waals surface area contributed by atoms with Crippen LogP contribution < -0.4 is 5.32 Å². The lowest BCUT2D eigenvalue weighted by atomic mass is 10.2. The number of amides is 1. The molecule has 3 rings (SSSR count). The van der Waals surface area contributed by atoms with Crippen LogP contribution in [0.15, 0.2) is 64.4 Å². The van der Waals surface area contributed by atoms with E-state index in [1.807, 2.05) is 42.5 Å². The third kappa shape index (κ3) is 3.58. The van der Waals surface area contributed by atoms with Crippen molar-refractivity contribution in [3.63, 3.8) is 0 Å². The van der Waals surface area contributed by atoms with Gasteiger partial charge in [-0.3, -0.25) is 4.79 Å². The van der Waals surface area contributed by atoms with Crippen molar-refractivity contribution in [2.75, 3.05) is 0 Å². The van der Waals surface area contributed by atoms with Gasteiger partial charge in [0.05, 0.1) is 4.24 Å². The highest BCUT2D eigenvalue weighted by atomic mass is 32.2. The molecule has 120 valence electrons. The summed E-state index contributed by atoms with van der Waals surface area (Å²) in [4.78, 5) is 12.2. The zero-order chi connectivity index (χ0) is 16.9. The molecule has 0 bridgehead atoms. The first-order valence-corrected chi connectivity index (χ1v) is 9.12. The van der Waals surface area contributed by atoms with Gasteiger partial charge in [-0.25, -0.2) is 0 Å². The normalized spacial score (nSPS) is 17.3. The van der Waals surface area contributed by atoms with Gasteiger partial charge in [-0.05, 0) is 11.6 Å². The molecule has 0 unspecified atom stereocenters. The second kappa shape index (κ2) is 7.47. The molecule has 1 atom stereocenters. The van der Waals surface area contributed by atoms with Crippen molar-refractivity contribution in [3.8, 4) is 11.8 Å². The zero-order valence-corrected chi connectivity index (χ0v) is 14.2. The number of hydrogen-bond acceptors (Lipinski definition) is 5.